The highest BCUT2D eigenvalue weighted by atomic mass is 16.4. The first-order valence-electron chi connectivity index (χ1n) is 6.13. The van der Waals surface area contributed by atoms with Crippen molar-refractivity contribution in [2.24, 2.45) is 0 Å². The van der Waals surface area contributed by atoms with Gasteiger partial charge in [-0.1, -0.05) is 12.2 Å². The van der Waals surface area contributed by atoms with E-state index in [0.717, 1.165) is 0 Å². The summed E-state index contributed by atoms with van der Waals surface area (Å²) in [7, 11) is 0. The first-order chi connectivity index (χ1) is 9.56. The third-order valence-corrected chi connectivity index (χ3v) is 2.30. The van der Waals surface area contributed by atoms with E-state index in [1.54, 1.807) is 12.2 Å². The number of carbonyl (C=O) groups is 2. The number of hydrogen-bond acceptors (Lipinski definition) is 4. The minimum atomic E-state index is -0.879. The van der Waals surface area contributed by atoms with Crippen LogP contribution in [-0.2, 0) is 9.59 Å². The highest BCUT2D eigenvalue weighted by molar-refractivity contribution is 5.97. The molecule has 2 N–H and O–H groups in total. The first kappa shape index (κ1) is 17.4. The monoisotopic (exact) mass is 277 g/mol. The Morgan fingerprint density at radius 3 is 2.35 bits per heavy atom. The van der Waals surface area contributed by atoms with E-state index < -0.39 is 11.9 Å². The minimum Gasteiger partial charge on any atom is -0.481 e. The molecule has 0 bridgehead atoms. The molecule has 0 aromatic carbocycles. The zero-order valence-corrected chi connectivity index (χ0v) is 11.3. The van der Waals surface area contributed by atoms with Gasteiger partial charge in [0.15, 0.2) is 0 Å². The van der Waals surface area contributed by atoms with Crippen molar-refractivity contribution in [2.75, 3.05) is 19.6 Å². The van der Waals surface area contributed by atoms with Crippen LogP contribution >= 0.6 is 0 Å². The van der Waals surface area contributed by atoms with Crippen molar-refractivity contribution >= 4 is 11.9 Å². The molecule has 0 aliphatic carbocycles. The first-order valence-corrected chi connectivity index (χ1v) is 6.13. The Labute approximate surface area is 118 Å². The van der Waals surface area contributed by atoms with Gasteiger partial charge in [0.2, 0.25) is 0 Å². The number of carbonyl (C=O) groups excluding carboxylic acids is 1. The van der Waals surface area contributed by atoms with Crippen molar-refractivity contribution < 1.29 is 14.7 Å². The molecule has 20 heavy (non-hydrogen) atoms. The van der Waals surface area contributed by atoms with Gasteiger partial charge in [0.05, 0.1) is 0 Å². The highest BCUT2D eigenvalue weighted by Gasteiger charge is 2.15. The van der Waals surface area contributed by atoms with E-state index in [9.17, 15) is 9.59 Å². The number of nitriles is 1. The van der Waals surface area contributed by atoms with Gasteiger partial charge in [0, 0.05) is 32.3 Å². The Balaban J connectivity index is 4.51. The van der Waals surface area contributed by atoms with E-state index in [4.69, 9.17) is 10.4 Å². The van der Waals surface area contributed by atoms with Gasteiger partial charge in [0.25, 0.3) is 5.91 Å². The molecular weight excluding hydrogens is 258 g/mol. The highest BCUT2D eigenvalue weighted by Crippen LogP contribution is 2.01. The van der Waals surface area contributed by atoms with E-state index in [0.29, 0.717) is 26.1 Å². The summed E-state index contributed by atoms with van der Waals surface area (Å²) in [5.41, 5.74) is -0.0379. The second kappa shape index (κ2) is 10.4. The van der Waals surface area contributed by atoms with E-state index in [1.807, 2.05) is 6.07 Å². The van der Waals surface area contributed by atoms with Gasteiger partial charge in [-0.25, -0.2) is 0 Å². The fourth-order valence-corrected chi connectivity index (χ4v) is 1.38. The SMILES string of the molecule is C=CCN(CC=C)C(=O)/C(C#N)=C\NCCCC(=O)O. The van der Waals surface area contributed by atoms with Crippen molar-refractivity contribution in [3.63, 3.8) is 0 Å². The molecule has 0 aliphatic heterocycles. The van der Waals surface area contributed by atoms with E-state index >= 15 is 0 Å². The molecule has 0 atom stereocenters. The molecule has 0 heterocycles. The maximum absolute atomic E-state index is 12.0. The zero-order valence-electron chi connectivity index (χ0n) is 11.3. The van der Waals surface area contributed by atoms with Crippen molar-refractivity contribution in [1.82, 2.24) is 10.2 Å². The number of hydrogen-bond donors (Lipinski definition) is 2. The van der Waals surface area contributed by atoms with Gasteiger partial charge < -0.3 is 15.3 Å². The van der Waals surface area contributed by atoms with Crippen LogP contribution in [0.1, 0.15) is 12.8 Å². The van der Waals surface area contributed by atoms with Crippen LogP contribution in [0.4, 0.5) is 0 Å². The lowest BCUT2D eigenvalue weighted by atomic mass is 10.2. The van der Waals surface area contributed by atoms with E-state index in [-0.39, 0.29) is 12.0 Å². The Hall–Kier alpha value is -2.55. The number of nitrogens with one attached hydrogen (secondary N) is 1. The third kappa shape index (κ3) is 7.01. The van der Waals surface area contributed by atoms with Crippen LogP contribution in [0.5, 0.6) is 0 Å². The van der Waals surface area contributed by atoms with Crippen LogP contribution in [0.25, 0.3) is 0 Å². The molecule has 0 saturated heterocycles. The maximum atomic E-state index is 12.0. The van der Waals surface area contributed by atoms with Gasteiger partial charge in [-0.05, 0) is 6.42 Å². The van der Waals surface area contributed by atoms with Gasteiger partial charge in [-0.3, -0.25) is 9.59 Å². The Bertz CT molecular complexity index is 425. The fourth-order valence-electron chi connectivity index (χ4n) is 1.38. The molecule has 0 aromatic rings. The minimum absolute atomic E-state index is 0.0374. The average molecular weight is 277 g/mol. The number of carboxylic acids is 1. The summed E-state index contributed by atoms with van der Waals surface area (Å²) >= 11 is 0. The Morgan fingerprint density at radius 1 is 1.30 bits per heavy atom. The van der Waals surface area contributed by atoms with Gasteiger partial charge >= 0.3 is 5.97 Å². The van der Waals surface area contributed by atoms with Crippen LogP contribution in [0, 0.1) is 11.3 Å². The normalized spacial score (nSPS) is 10.2. The number of aliphatic carboxylic acids is 1. The van der Waals surface area contributed by atoms with Crippen LogP contribution in [0.15, 0.2) is 37.1 Å². The summed E-state index contributed by atoms with van der Waals surface area (Å²) in [4.78, 5) is 23.8. The predicted octanol–water partition coefficient (Wildman–Crippen LogP) is 1.05. The van der Waals surface area contributed by atoms with Crippen LogP contribution in [0.2, 0.25) is 0 Å². The lowest BCUT2D eigenvalue weighted by molar-refractivity contribution is -0.137. The topological polar surface area (TPSA) is 93.4 Å². The molecule has 6 heteroatoms. The fraction of sp³-hybridized carbons (Fsp3) is 0.357. The van der Waals surface area contributed by atoms with Gasteiger partial charge in [-0.2, -0.15) is 5.26 Å². The molecule has 1 amide bonds. The lowest BCUT2D eigenvalue weighted by Gasteiger charge is -2.18. The summed E-state index contributed by atoms with van der Waals surface area (Å²) < 4.78 is 0. The molecule has 0 spiro atoms. The molecular formula is C14H19N3O3. The lowest BCUT2D eigenvalue weighted by Crippen LogP contribution is -2.32. The standard InChI is InChI=1S/C14H19N3O3/c1-3-8-17(9-4-2)14(20)12(10-15)11-16-7-5-6-13(18)19/h3-4,11,16H,1-2,5-9H2,(H,18,19)/b12-11-. The number of carboxylic acid groups (broad SMARTS) is 1. The molecule has 0 fully saturated rings. The van der Waals surface area contributed by atoms with Crippen LogP contribution in [-0.4, -0.2) is 41.5 Å². The summed E-state index contributed by atoms with van der Waals surface area (Å²) in [5, 5.41) is 20.2. The smallest absolute Gasteiger partial charge is 0.303 e. The van der Waals surface area contributed by atoms with Crippen molar-refractivity contribution in [2.45, 2.75) is 12.8 Å². The van der Waals surface area contributed by atoms with Gasteiger partial charge in [-0.15, -0.1) is 13.2 Å². The second-order valence-electron chi connectivity index (χ2n) is 3.91. The second-order valence-corrected chi connectivity index (χ2v) is 3.91. The number of rotatable bonds is 10. The summed E-state index contributed by atoms with van der Waals surface area (Å²) in [6.07, 6.45) is 4.90. The van der Waals surface area contributed by atoms with E-state index in [1.165, 1.54) is 11.1 Å². The number of amides is 1. The van der Waals surface area contributed by atoms with E-state index in [2.05, 4.69) is 18.5 Å². The molecule has 0 aromatic heterocycles. The predicted molar refractivity (Wildman–Crippen MR) is 75.5 cm³/mol. The summed E-state index contributed by atoms with van der Waals surface area (Å²) in [5.74, 6) is -1.30. The molecule has 108 valence electrons. The number of nitrogens with zero attached hydrogens (tertiary/aromatic N) is 2. The Kier molecular flexibility index (Phi) is 9.06. The molecule has 0 unspecified atom stereocenters. The van der Waals surface area contributed by atoms with Crippen molar-refractivity contribution in [1.29, 1.82) is 5.26 Å². The van der Waals surface area contributed by atoms with Crippen LogP contribution < -0.4 is 5.32 Å². The maximum Gasteiger partial charge on any atom is 0.303 e. The molecule has 0 aliphatic rings. The Morgan fingerprint density at radius 2 is 1.90 bits per heavy atom. The largest absolute Gasteiger partial charge is 0.481 e. The molecule has 0 radical (unpaired) electrons. The molecule has 0 rings (SSSR count). The average Bonchev–Trinajstić information content (AvgIpc) is 2.41. The summed E-state index contributed by atoms with van der Waals surface area (Å²) in [6.45, 7) is 8.13. The van der Waals surface area contributed by atoms with Gasteiger partial charge in [0.1, 0.15) is 11.6 Å². The third-order valence-electron chi connectivity index (χ3n) is 2.30. The van der Waals surface area contributed by atoms with Crippen molar-refractivity contribution in [3.8, 4) is 6.07 Å². The molecule has 6 nitrogen and oxygen atoms in total. The summed E-state index contributed by atoms with van der Waals surface area (Å²) in [6, 6.07) is 1.82. The van der Waals surface area contributed by atoms with Crippen molar-refractivity contribution in [3.05, 3.63) is 37.1 Å². The quantitative estimate of drug-likeness (QED) is 0.269. The van der Waals surface area contributed by atoms with Crippen LogP contribution in [0.3, 0.4) is 0 Å². The zero-order chi connectivity index (χ0) is 15.4. The molecule has 0 saturated carbocycles.